The normalized spacial score (nSPS) is 11.0. The van der Waals surface area contributed by atoms with Crippen LogP contribution in [0.2, 0.25) is 0 Å². The minimum absolute atomic E-state index is 0.986. The Labute approximate surface area is 142 Å². The Morgan fingerprint density at radius 1 is 0.870 bits per heavy atom. The molecule has 0 radical (unpaired) electrons. The van der Waals surface area contributed by atoms with Gasteiger partial charge in [-0.05, 0) is 24.8 Å². The second-order valence-corrected chi connectivity index (χ2v) is 6.54. The van der Waals surface area contributed by atoms with E-state index >= 15 is 0 Å². The van der Waals surface area contributed by atoms with Crippen molar-refractivity contribution in [1.82, 2.24) is 4.57 Å². The molecule has 0 amide bonds. The minimum atomic E-state index is 0.986. The summed E-state index contributed by atoms with van der Waals surface area (Å²) in [5.74, 6) is 1.48. The average molecular weight is 314 g/mol. The van der Waals surface area contributed by atoms with Crippen molar-refractivity contribution in [2.24, 2.45) is 0 Å². The first kappa shape index (κ1) is 17.8. The fraction of sp³-hybridized carbons (Fsp3) is 0.571. The fourth-order valence-electron chi connectivity index (χ4n) is 3.20. The van der Waals surface area contributed by atoms with Crippen LogP contribution in [0.5, 0.6) is 0 Å². The van der Waals surface area contributed by atoms with Gasteiger partial charge < -0.3 is 0 Å². The fourth-order valence-corrected chi connectivity index (χ4v) is 3.20. The lowest BCUT2D eigenvalue weighted by Crippen LogP contribution is -2.37. The molecule has 2 rings (SSSR count). The van der Waals surface area contributed by atoms with Crippen molar-refractivity contribution in [3.63, 3.8) is 0 Å². The van der Waals surface area contributed by atoms with E-state index in [-0.39, 0.29) is 0 Å². The van der Waals surface area contributed by atoms with Gasteiger partial charge in [0.25, 0.3) is 5.82 Å². The third-order valence-corrected chi connectivity index (χ3v) is 4.51. The summed E-state index contributed by atoms with van der Waals surface area (Å²) in [5.41, 5.74) is 1.38. The predicted octanol–water partition coefficient (Wildman–Crippen LogP) is 5.14. The van der Waals surface area contributed by atoms with Crippen LogP contribution in [0.15, 0.2) is 42.7 Å². The Morgan fingerprint density at radius 2 is 1.61 bits per heavy atom. The zero-order chi connectivity index (χ0) is 16.3. The molecule has 2 aromatic rings. The Kier molecular flexibility index (Phi) is 7.92. The molecule has 0 bridgehead atoms. The molecule has 0 saturated heterocycles. The lowest BCUT2D eigenvalue weighted by Gasteiger charge is -2.05. The topological polar surface area (TPSA) is 8.81 Å². The zero-order valence-electron chi connectivity index (χ0n) is 15.0. The molecule has 0 unspecified atom stereocenters. The van der Waals surface area contributed by atoms with E-state index < -0.39 is 0 Å². The lowest BCUT2D eigenvalue weighted by atomic mass is 10.1. The molecular formula is C21H33N2+. The van der Waals surface area contributed by atoms with Gasteiger partial charge in [0.15, 0.2) is 0 Å². The van der Waals surface area contributed by atoms with Gasteiger partial charge in [-0.15, -0.1) is 0 Å². The van der Waals surface area contributed by atoms with Crippen molar-refractivity contribution in [3.05, 3.63) is 54.1 Å². The van der Waals surface area contributed by atoms with Gasteiger partial charge in [-0.25, -0.2) is 9.13 Å². The van der Waals surface area contributed by atoms with Crippen LogP contribution >= 0.6 is 0 Å². The van der Waals surface area contributed by atoms with E-state index in [4.69, 9.17) is 0 Å². The molecule has 0 atom stereocenters. The van der Waals surface area contributed by atoms with Crippen LogP contribution in [0.1, 0.15) is 70.2 Å². The van der Waals surface area contributed by atoms with Gasteiger partial charge in [-0.2, -0.15) is 0 Å². The van der Waals surface area contributed by atoms with Crippen molar-refractivity contribution in [1.29, 1.82) is 0 Å². The second kappa shape index (κ2) is 10.3. The molecule has 0 N–H and O–H groups in total. The first-order valence-corrected chi connectivity index (χ1v) is 9.46. The van der Waals surface area contributed by atoms with E-state index in [0.717, 1.165) is 13.0 Å². The number of unbranched alkanes of at least 4 members (excludes halogenated alkanes) is 5. The van der Waals surface area contributed by atoms with Crippen molar-refractivity contribution < 1.29 is 4.57 Å². The molecule has 0 aliphatic rings. The maximum absolute atomic E-state index is 2.48. The highest BCUT2D eigenvalue weighted by Crippen LogP contribution is 2.08. The van der Waals surface area contributed by atoms with E-state index in [9.17, 15) is 0 Å². The third-order valence-electron chi connectivity index (χ3n) is 4.51. The first-order chi connectivity index (χ1) is 11.3. The van der Waals surface area contributed by atoms with Gasteiger partial charge in [-0.1, -0.05) is 69.9 Å². The van der Waals surface area contributed by atoms with Gasteiger partial charge in [-0.3, -0.25) is 0 Å². The summed E-state index contributed by atoms with van der Waals surface area (Å²) in [4.78, 5) is 0. The second-order valence-electron chi connectivity index (χ2n) is 6.54. The highest BCUT2D eigenvalue weighted by atomic mass is 15.1. The average Bonchev–Trinajstić information content (AvgIpc) is 2.94. The van der Waals surface area contributed by atoms with Gasteiger partial charge in [0.05, 0.1) is 6.54 Å². The molecule has 126 valence electrons. The molecule has 0 aliphatic heterocycles. The van der Waals surface area contributed by atoms with Gasteiger partial charge in [0, 0.05) is 6.42 Å². The summed E-state index contributed by atoms with van der Waals surface area (Å²) in [6.07, 6.45) is 15.1. The summed E-state index contributed by atoms with van der Waals surface area (Å²) in [7, 11) is 0. The summed E-state index contributed by atoms with van der Waals surface area (Å²) in [6.45, 7) is 6.71. The number of hydrogen-bond donors (Lipinski definition) is 0. The molecule has 1 aromatic heterocycles. The highest BCUT2D eigenvalue weighted by Gasteiger charge is 2.16. The summed E-state index contributed by atoms with van der Waals surface area (Å²) >= 11 is 0. The SMILES string of the molecule is CCCCCCCC[n+]1ccn(Cc2ccccc2)c1CCC. The quantitative estimate of drug-likeness (QED) is 0.401. The molecule has 0 saturated carbocycles. The molecule has 2 heteroatoms. The van der Waals surface area contributed by atoms with Crippen LogP contribution in [0.3, 0.4) is 0 Å². The smallest absolute Gasteiger partial charge is 0.234 e. The number of imidazole rings is 1. The Morgan fingerprint density at radius 3 is 2.35 bits per heavy atom. The number of nitrogens with zero attached hydrogens (tertiary/aromatic N) is 2. The Balaban J connectivity index is 1.92. The van der Waals surface area contributed by atoms with E-state index in [2.05, 4.69) is 65.7 Å². The van der Waals surface area contributed by atoms with E-state index in [1.807, 2.05) is 0 Å². The summed E-state index contributed by atoms with van der Waals surface area (Å²) < 4.78 is 4.90. The van der Waals surface area contributed by atoms with Crippen LogP contribution in [0.25, 0.3) is 0 Å². The van der Waals surface area contributed by atoms with Crippen molar-refractivity contribution in [2.45, 2.75) is 78.3 Å². The zero-order valence-corrected chi connectivity index (χ0v) is 15.0. The molecule has 1 aromatic carbocycles. The molecule has 0 aliphatic carbocycles. The van der Waals surface area contributed by atoms with Crippen molar-refractivity contribution in [3.8, 4) is 0 Å². The van der Waals surface area contributed by atoms with Crippen LogP contribution in [-0.2, 0) is 19.5 Å². The van der Waals surface area contributed by atoms with Crippen LogP contribution in [0, 0.1) is 0 Å². The molecule has 0 fully saturated rings. The van der Waals surface area contributed by atoms with Crippen molar-refractivity contribution in [2.75, 3.05) is 0 Å². The lowest BCUT2D eigenvalue weighted by molar-refractivity contribution is -0.704. The van der Waals surface area contributed by atoms with Crippen LogP contribution in [0.4, 0.5) is 0 Å². The first-order valence-electron chi connectivity index (χ1n) is 9.46. The standard InChI is InChI=1S/C21H33N2/c1-3-5-6-7-8-12-16-22-17-18-23(21(22)13-4-2)19-20-14-10-9-11-15-20/h9-11,14-15,17-18H,3-8,12-13,16,19H2,1-2H3/q+1. The van der Waals surface area contributed by atoms with E-state index in [1.54, 1.807) is 0 Å². The Hall–Kier alpha value is -1.57. The van der Waals surface area contributed by atoms with Gasteiger partial charge in [0.1, 0.15) is 18.9 Å². The van der Waals surface area contributed by atoms with E-state index in [0.29, 0.717) is 0 Å². The molecule has 23 heavy (non-hydrogen) atoms. The molecule has 1 heterocycles. The molecule has 2 nitrogen and oxygen atoms in total. The molecular weight excluding hydrogens is 280 g/mol. The number of benzene rings is 1. The predicted molar refractivity (Wildman–Crippen MR) is 97.5 cm³/mol. The Bertz CT molecular complexity index is 542. The maximum Gasteiger partial charge on any atom is 0.256 e. The molecule has 0 spiro atoms. The van der Waals surface area contributed by atoms with Gasteiger partial charge >= 0.3 is 0 Å². The maximum atomic E-state index is 2.48. The van der Waals surface area contributed by atoms with E-state index in [1.165, 1.54) is 62.9 Å². The summed E-state index contributed by atoms with van der Waals surface area (Å²) in [5, 5.41) is 0. The monoisotopic (exact) mass is 313 g/mol. The van der Waals surface area contributed by atoms with Gasteiger partial charge in [0.2, 0.25) is 0 Å². The largest absolute Gasteiger partial charge is 0.256 e. The summed E-state index contributed by atoms with van der Waals surface area (Å²) in [6, 6.07) is 10.8. The number of hydrogen-bond acceptors (Lipinski definition) is 0. The van der Waals surface area contributed by atoms with Crippen molar-refractivity contribution >= 4 is 0 Å². The number of aromatic nitrogens is 2. The van der Waals surface area contributed by atoms with Crippen LogP contribution < -0.4 is 4.57 Å². The third kappa shape index (κ3) is 5.85. The minimum Gasteiger partial charge on any atom is -0.234 e. The number of aryl methyl sites for hydroxylation is 1. The highest BCUT2D eigenvalue weighted by molar-refractivity contribution is 5.15. The number of rotatable bonds is 11. The van der Waals surface area contributed by atoms with Crippen LogP contribution in [-0.4, -0.2) is 4.57 Å².